The highest BCUT2D eigenvalue weighted by molar-refractivity contribution is 7.89. The van der Waals surface area contributed by atoms with Crippen LogP contribution in [0.4, 0.5) is 0 Å². The number of piperidine rings is 1. The molecule has 1 aliphatic rings. The van der Waals surface area contributed by atoms with Gasteiger partial charge in [-0.25, -0.2) is 8.42 Å². The summed E-state index contributed by atoms with van der Waals surface area (Å²) >= 11 is 0.992. The van der Waals surface area contributed by atoms with Crippen molar-refractivity contribution < 1.29 is 13.2 Å². The second-order valence-electron chi connectivity index (χ2n) is 5.16. The summed E-state index contributed by atoms with van der Waals surface area (Å²) in [6.07, 6.45) is 1.21. The standard InChI is InChI=1S/C13H15N3O4S2/c1-16-10-5-4-8(7-11(10)21-13(16)18)22(19,20)15-9-3-2-6-14-12(9)17/h4-5,7,9,15H,2-3,6H2,1H3,(H,14,17)/t9-/m1/s1. The van der Waals surface area contributed by atoms with E-state index in [2.05, 4.69) is 10.0 Å². The van der Waals surface area contributed by atoms with Crippen LogP contribution < -0.4 is 14.9 Å². The van der Waals surface area contributed by atoms with E-state index in [1.165, 1.54) is 16.7 Å². The average Bonchev–Trinajstić information content (AvgIpc) is 2.76. The van der Waals surface area contributed by atoms with Gasteiger partial charge in [0.2, 0.25) is 15.9 Å². The smallest absolute Gasteiger partial charge is 0.307 e. The maximum absolute atomic E-state index is 12.4. The molecule has 2 N–H and O–H groups in total. The molecular weight excluding hydrogens is 326 g/mol. The molecular formula is C13H15N3O4S2. The minimum absolute atomic E-state index is 0.0558. The molecule has 0 unspecified atom stereocenters. The van der Waals surface area contributed by atoms with Gasteiger partial charge in [-0.3, -0.25) is 9.59 Å². The van der Waals surface area contributed by atoms with Crippen LogP contribution in [0.5, 0.6) is 0 Å². The SMILES string of the molecule is Cn1c(=O)sc2cc(S(=O)(=O)N[C@@H]3CCCNC3=O)ccc21. The molecule has 7 nitrogen and oxygen atoms in total. The number of carbonyl (C=O) groups excluding carboxylic acids is 1. The number of hydrogen-bond donors (Lipinski definition) is 2. The number of benzene rings is 1. The van der Waals surface area contributed by atoms with Crippen LogP contribution in [0.2, 0.25) is 0 Å². The molecule has 22 heavy (non-hydrogen) atoms. The highest BCUT2D eigenvalue weighted by atomic mass is 32.2. The van der Waals surface area contributed by atoms with Crippen molar-refractivity contribution in [3.8, 4) is 0 Å². The van der Waals surface area contributed by atoms with Gasteiger partial charge in [0.05, 0.1) is 15.1 Å². The van der Waals surface area contributed by atoms with Crippen LogP contribution in [-0.4, -0.2) is 31.5 Å². The van der Waals surface area contributed by atoms with E-state index in [0.717, 1.165) is 17.8 Å². The van der Waals surface area contributed by atoms with Crippen molar-refractivity contribution in [2.75, 3.05) is 6.54 Å². The molecule has 118 valence electrons. The summed E-state index contributed by atoms with van der Waals surface area (Å²) in [7, 11) is -2.16. The average molecular weight is 341 g/mol. The number of sulfonamides is 1. The number of hydrogen-bond acceptors (Lipinski definition) is 5. The molecule has 1 saturated heterocycles. The number of aryl methyl sites for hydroxylation is 1. The molecule has 0 bridgehead atoms. The predicted octanol–water partition coefficient (Wildman–Crippen LogP) is 0.157. The van der Waals surface area contributed by atoms with Crippen molar-refractivity contribution >= 4 is 37.5 Å². The molecule has 0 radical (unpaired) electrons. The molecule has 3 rings (SSSR count). The third kappa shape index (κ3) is 2.67. The summed E-state index contributed by atoms with van der Waals surface area (Å²) in [5.74, 6) is -0.305. The lowest BCUT2D eigenvalue weighted by Gasteiger charge is -2.22. The van der Waals surface area contributed by atoms with Crippen molar-refractivity contribution in [2.24, 2.45) is 7.05 Å². The van der Waals surface area contributed by atoms with Gasteiger partial charge in [0, 0.05) is 13.6 Å². The second kappa shape index (κ2) is 5.49. The zero-order valence-corrected chi connectivity index (χ0v) is 13.5. The van der Waals surface area contributed by atoms with Crippen LogP contribution in [-0.2, 0) is 21.9 Å². The summed E-state index contributed by atoms with van der Waals surface area (Å²) in [6.45, 7) is 0.570. The molecule has 2 aromatic rings. The highest BCUT2D eigenvalue weighted by Crippen LogP contribution is 2.21. The highest BCUT2D eigenvalue weighted by Gasteiger charge is 2.27. The fourth-order valence-electron chi connectivity index (χ4n) is 2.42. The quantitative estimate of drug-likeness (QED) is 0.831. The molecule has 9 heteroatoms. The first kappa shape index (κ1) is 15.2. The maximum atomic E-state index is 12.4. The number of aromatic nitrogens is 1. The van der Waals surface area contributed by atoms with E-state index < -0.39 is 16.1 Å². The first-order chi connectivity index (χ1) is 10.4. The lowest BCUT2D eigenvalue weighted by atomic mass is 10.1. The largest absolute Gasteiger partial charge is 0.355 e. The molecule has 1 atom stereocenters. The number of thiazole rings is 1. The number of rotatable bonds is 3. The van der Waals surface area contributed by atoms with E-state index in [4.69, 9.17) is 0 Å². The van der Waals surface area contributed by atoms with Crippen molar-refractivity contribution in [1.82, 2.24) is 14.6 Å². The van der Waals surface area contributed by atoms with Crippen LogP contribution in [0.25, 0.3) is 10.2 Å². The monoisotopic (exact) mass is 341 g/mol. The minimum Gasteiger partial charge on any atom is -0.355 e. The lowest BCUT2D eigenvalue weighted by Crippen LogP contribution is -2.50. The Balaban J connectivity index is 1.94. The van der Waals surface area contributed by atoms with Gasteiger partial charge in [0.1, 0.15) is 6.04 Å². The fourth-order valence-corrected chi connectivity index (χ4v) is 4.67. The van der Waals surface area contributed by atoms with Gasteiger partial charge in [-0.2, -0.15) is 4.72 Å². The van der Waals surface area contributed by atoms with Crippen LogP contribution in [0.3, 0.4) is 0 Å². The normalized spacial score (nSPS) is 19.3. The molecule has 1 amide bonds. The number of carbonyl (C=O) groups is 1. The Hall–Kier alpha value is -1.71. The van der Waals surface area contributed by atoms with E-state index in [1.807, 2.05) is 0 Å². The third-order valence-corrected chi connectivity index (χ3v) is 6.12. The van der Waals surface area contributed by atoms with E-state index in [9.17, 15) is 18.0 Å². The van der Waals surface area contributed by atoms with Crippen molar-refractivity contribution in [3.05, 3.63) is 27.9 Å². The van der Waals surface area contributed by atoms with Crippen LogP contribution in [0.1, 0.15) is 12.8 Å². The second-order valence-corrected chi connectivity index (χ2v) is 7.87. The Morgan fingerprint density at radius 1 is 1.36 bits per heavy atom. The van der Waals surface area contributed by atoms with Gasteiger partial charge in [0.25, 0.3) is 0 Å². The molecule has 2 heterocycles. The van der Waals surface area contributed by atoms with Gasteiger partial charge in [0.15, 0.2) is 0 Å². The van der Waals surface area contributed by atoms with Gasteiger partial charge in [-0.05, 0) is 31.0 Å². The lowest BCUT2D eigenvalue weighted by molar-refractivity contribution is -0.124. The van der Waals surface area contributed by atoms with Crippen molar-refractivity contribution in [2.45, 2.75) is 23.8 Å². The van der Waals surface area contributed by atoms with Crippen molar-refractivity contribution in [3.63, 3.8) is 0 Å². The molecule has 0 saturated carbocycles. The number of fused-ring (bicyclic) bond motifs is 1. The molecule has 0 aliphatic carbocycles. The van der Waals surface area contributed by atoms with Crippen LogP contribution in [0.15, 0.2) is 27.9 Å². The molecule has 1 aliphatic heterocycles. The fraction of sp³-hybridized carbons (Fsp3) is 0.385. The Morgan fingerprint density at radius 3 is 2.86 bits per heavy atom. The predicted molar refractivity (Wildman–Crippen MR) is 83.4 cm³/mol. The number of amides is 1. The van der Waals surface area contributed by atoms with E-state index >= 15 is 0 Å². The molecule has 1 aromatic carbocycles. The molecule has 1 aromatic heterocycles. The summed E-state index contributed by atoms with van der Waals surface area (Å²) in [6, 6.07) is 3.76. The summed E-state index contributed by atoms with van der Waals surface area (Å²) < 4.78 is 29.3. The van der Waals surface area contributed by atoms with Gasteiger partial charge >= 0.3 is 4.87 Å². The minimum atomic E-state index is -3.80. The topological polar surface area (TPSA) is 97.3 Å². The van der Waals surface area contributed by atoms with Gasteiger partial charge < -0.3 is 9.88 Å². The first-order valence-electron chi connectivity index (χ1n) is 6.78. The summed E-state index contributed by atoms with van der Waals surface area (Å²) in [4.78, 5) is 23.2. The van der Waals surface area contributed by atoms with Crippen LogP contribution >= 0.6 is 11.3 Å². The third-order valence-electron chi connectivity index (χ3n) is 3.66. The van der Waals surface area contributed by atoms with E-state index in [1.54, 1.807) is 13.1 Å². The number of nitrogens with zero attached hydrogens (tertiary/aromatic N) is 1. The summed E-state index contributed by atoms with van der Waals surface area (Å²) in [5.41, 5.74) is 0.685. The maximum Gasteiger partial charge on any atom is 0.307 e. The van der Waals surface area contributed by atoms with Gasteiger partial charge in [-0.1, -0.05) is 11.3 Å². The van der Waals surface area contributed by atoms with Gasteiger partial charge in [-0.15, -0.1) is 0 Å². The Bertz CT molecular complexity index is 898. The molecule has 0 spiro atoms. The molecule has 1 fully saturated rings. The number of nitrogens with one attached hydrogen (secondary N) is 2. The van der Waals surface area contributed by atoms with Crippen LogP contribution in [0, 0.1) is 0 Å². The van der Waals surface area contributed by atoms with E-state index in [0.29, 0.717) is 23.2 Å². The Labute approximate surface area is 131 Å². The van der Waals surface area contributed by atoms with E-state index in [-0.39, 0.29) is 15.7 Å². The van der Waals surface area contributed by atoms with Crippen molar-refractivity contribution in [1.29, 1.82) is 0 Å². The zero-order chi connectivity index (χ0) is 15.9. The zero-order valence-electron chi connectivity index (χ0n) is 11.8. The summed E-state index contributed by atoms with van der Waals surface area (Å²) in [5, 5.41) is 2.64. The Morgan fingerprint density at radius 2 is 2.14 bits per heavy atom. The first-order valence-corrected chi connectivity index (χ1v) is 9.08. The Kier molecular flexibility index (Phi) is 3.79.